The number of hydrogen-bond acceptors (Lipinski definition) is 3. The van der Waals surface area contributed by atoms with Gasteiger partial charge in [-0.2, -0.15) is 5.10 Å². The second kappa shape index (κ2) is 4.46. The summed E-state index contributed by atoms with van der Waals surface area (Å²) < 4.78 is 1.83. The SMILES string of the molecule is CCn1cc(C(O)c2cccc3c2NCC3)cn1. The first-order valence-electron chi connectivity index (χ1n) is 6.35. The highest BCUT2D eigenvalue weighted by molar-refractivity contribution is 5.62. The van der Waals surface area contributed by atoms with E-state index in [9.17, 15) is 5.11 Å². The lowest BCUT2D eigenvalue weighted by atomic mass is 10.00. The van der Waals surface area contributed by atoms with Crippen molar-refractivity contribution in [1.82, 2.24) is 9.78 Å². The quantitative estimate of drug-likeness (QED) is 0.866. The molecule has 0 bridgehead atoms. The molecule has 0 amide bonds. The summed E-state index contributed by atoms with van der Waals surface area (Å²) in [6.07, 6.45) is 4.07. The van der Waals surface area contributed by atoms with Crippen LogP contribution in [0.3, 0.4) is 0 Å². The molecular weight excluding hydrogens is 226 g/mol. The Labute approximate surface area is 106 Å². The van der Waals surface area contributed by atoms with E-state index in [0.29, 0.717) is 0 Å². The Hall–Kier alpha value is -1.81. The summed E-state index contributed by atoms with van der Waals surface area (Å²) >= 11 is 0. The van der Waals surface area contributed by atoms with Crippen molar-refractivity contribution < 1.29 is 5.11 Å². The molecular formula is C14H17N3O. The first-order valence-corrected chi connectivity index (χ1v) is 6.35. The molecule has 1 aromatic heterocycles. The fraction of sp³-hybridized carbons (Fsp3) is 0.357. The standard InChI is InChI=1S/C14H17N3O/c1-2-17-9-11(8-16-17)14(18)12-5-3-4-10-6-7-15-13(10)12/h3-5,8-9,14-15,18H,2,6-7H2,1H3. The van der Waals surface area contributed by atoms with Gasteiger partial charge in [0.05, 0.1) is 6.20 Å². The Morgan fingerprint density at radius 2 is 2.39 bits per heavy atom. The Morgan fingerprint density at radius 1 is 1.50 bits per heavy atom. The summed E-state index contributed by atoms with van der Waals surface area (Å²) in [5.41, 5.74) is 4.17. The topological polar surface area (TPSA) is 50.1 Å². The van der Waals surface area contributed by atoms with Gasteiger partial charge in [0, 0.05) is 36.1 Å². The number of aliphatic hydroxyl groups excluding tert-OH is 1. The van der Waals surface area contributed by atoms with Crippen LogP contribution < -0.4 is 5.32 Å². The van der Waals surface area contributed by atoms with Crippen LogP contribution in [0.2, 0.25) is 0 Å². The number of benzene rings is 1. The van der Waals surface area contributed by atoms with E-state index in [1.54, 1.807) is 6.20 Å². The van der Waals surface area contributed by atoms with Gasteiger partial charge in [0.2, 0.25) is 0 Å². The van der Waals surface area contributed by atoms with Gasteiger partial charge in [-0.3, -0.25) is 4.68 Å². The van der Waals surface area contributed by atoms with E-state index in [1.165, 1.54) is 5.56 Å². The minimum absolute atomic E-state index is 0.606. The number of aryl methyl sites for hydroxylation is 1. The van der Waals surface area contributed by atoms with Crippen LogP contribution in [-0.2, 0) is 13.0 Å². The summed E-state index contributed by atoms with van der Waals surface area (Å²) in [6.45, 7) is 3.80. The maximum Gasteiger partial charge on any atom is 0.109 e. The zero-order chi connectivity index (χ0) is 12.5. The fourth-order valence-corrected chi connectivity index (χ4v) is 2.47. The van der Waals surface area contributed by atoms with E-state index in [-0.39, 0.29) is 0 Å². The minimum atomic E-state index is -0.606. The molecule has 94 valence electrons. The van der Waals surface area contributed by atoms with Crippen molar-refractivity contribution in [3.8, 4) is 0 Å². The van der Waals surface area contributed by atoms with Crippen LogP contribution in [0.25, 0.3) is 0 Å². The summed E-state index contributed by atoms with van der Waals surface area (Å²) in [5.74, 6) is 0. The number of aromatic nitrogens is 2. The third-order valence-corrected chi connectivity index (χ3v) is 3.47. The highest BCUT2D eigenvalue weighted by Gasteiger charge is 2.20. The largest absolute Gasteiger partial charge is 0.384 e. The Morgan fingerprint density at radius 3 is 3.17 bits per heavy atom. The number of fused-ring (bicyclic) bond motifs is 1. The maximum absolute atomic E-state index is 10.5. The molecule has 0 saturated heterocycles. The second-order valence-electron chi connectivity index (χ2n) is 4.59. The molecule has 0 aliphatic carbocycles. The van der Waals surface area contributed by atoms with Crippen molar-refractivity contribution in [3.63, 3.8) is 0 Å². The number of para-hydroxylation sites is 1. The number of aliphatic hydroxyl groups is 1. The number of nitrogens with zero attached hydrogens (tertiary/aromatic N) is 2. The van der Waals surface area contributed by atoms with Crippen molar-refractivity contribution >= 4 is 5.69 Å². The zero-order valence-corrected chi connectivity index (χ0v) is 10.4. The third kappa shape index (κ3) is 1.78. The Kier molecular flexibility index (Phi) is 2.80. The van der Waals surface area contributed by atoms with Crippen molar-refractivity contribution in [2.75, 3.05) is 11.9 Å². The molecule has 0 spiro atoms. The third-order valence-electron chi connectivity index (χ3n) is 3.47. The molecule has 2 aromatic rings. The van der Waals surface area contributed by atoms with Crippen LogP contribution in [0.4, 0.5) is 5.69 Å². The highest BCUT2D eigenvalue weighted by Crippen LogP contribution is 2.33. The van der Waals surface area contributed by atoms with E-state index in [1.807, 2.05) is 29.9 Å². The molecule has 4 nitrogen and oxygen atoms in total. The highest BCUT2D eigenvalue weighted by atomic mass is 16.3. The molecule has 18 heavy (non-hydrogen) atoms. The van der Waals surface area contributed by atoms with Crippen LogP contribution in [0.15, 0.2) is 30.6 Å². The lowest BCUT2D eigenvalue weighted by molar-refractivity contribution is 0.221. The maximum atomic E-state index is 10.5. The lowest BCUT2D eigenvalue weighted by Crippen LogP contribution is -2.03. The van der Waals surface area contributed by atoms with Gasteiger partial charge in [-0.15, -0.1) is 0 Å². The van der Waals surface area contributed by atoms with Crippen LogP contribution in [0.1, 0.15) is 29.7 Å². The molecule has 2 N–H and O–H groups in total. The van der Waals surface area contributed by atoms with E-state index >= 15 is 0 Å². The molecule has 1 atom stereocenters. The van der Waals surface area contributed by atoms with Gasteiger partial charge in [0.1, 0.15) is 6.10 Å². The molecule has 1 aromatic carbocycles. The number of nitrogens with one attached hydrogen (secondary N) is 1. The van der Waals surface area contributed by atoms with Crippen molar-refractivity contribution in [2.24, 2.45) is 0 Å². The van der Waals surface area contributed by atoms with Gasteiger partial charge < -0.3 is 10.4 Å². The number of rotatable bonds is 3. The second-order valence-corrected chi connectivity index (χ2v) is 4.59. The normalized spacial score (nSPS) is 15.2. The molecule has 0 radical (unpaired) electrons. The number of anilines is 1. The van der Waals surface area contributed by atoms with Gasteiger partial charge in [-0.25, -0.2) is 0 Å². The van der Waals surface area contributed by atoms with Crippen molar-refractivity contribution in [2.45, 2.75) is 26.0 Å². The summed E-state index contributed by atoms with van der Waals surface area (Å²) in [4.78, 5) is 0. The fourth-order valence-electron chi connectivity index (χ4n) is 2.47. The van der Waals surface area contributed by atoms with Crippen molar-refractivity contribution in [3.05, 3.63) is 47.3 Å². The average Bonchev–Trinajstić information content (AvgIpc) is 3.05. The molecule has 0 fully saturated rings. The first-order chi connectivity index (χ1) is 8.79. The smallest absolute Gasteiger partial charge is 0.109 e. The van der Waals surface area contributed by atoms with Crippen molar-refractivity contribution in [1.29, 1.82) is 0 Å². The molecule has 3 rings (SSSR count). The monoisotopic (exact) mass is 243 g/mol. The molecule has 4 heteroatoms. The van der Waals surface area contributed by atoms with Crippen LogP contribution in [-0.4, -0.2) is 21.4 Å². The van der Waals surface area contributed by atoms with Crippen LogP contribution in [0.5, 0.6) is 0 Å². The zero-order valence-electron chi connectivity index (χ0n) is 10.4. The Balaban J connectivity index is 1.97. The average molecular weight is 243 g/mol. The van der Waals surface area contributed by atoms with Gasteiger partial charge in [0.25, 0.3) is 0 Å². The summed E-state index contributed by atoms with van der Waals surface area (Å²) in [7, 11) is 0. The summed E-state index contributed by atoms with van der Waals surface area (Å²) in [5, 5.41) is 18.0. The van der Waals surface area contributed by atoms with Crippen LogP contribution in [0, 0.1) is 0 Å². The minimum Gasteiger partial charge on any atom is -0.384 e. The predicted octanol–water partition coefficient (Wildman–Crippen LogP) is 1.95. The van der Waals surface area contributed by atoms with Gasteiger partial charge >= 0.3 is 0 Å². The number of hydrogen-bond donors (Lipinski definition) is 2. The van der Waals surface area contributed by atoms with E-state index in [0.717, 1.165) is 36.3 Å². The van der Waals surface area contributed by atoms with E-state index < -0.39 is 6.10 Å². The molecule has 0 saturated carbocycles. The molecule has 2 heterocycles. The predicted molar refractivity (Wildman–Crippen MR) is 70.6 cm³/mol. The first kappa shape index (κ1) is 11.3. The molecule has 1 aliphatic rings. The Bertz CT molecular complexity index is 562. The van der Waals surface area contributed by atoms with Gasteiger partial charge in [-0.05, 0) is 18.9 Å². The van der Waals surface area contributed by atoms with Gasteiger partial charge in [0.15, 0.2) is 0 Å². The van der Waals surface area contributed by atoms with E-state index in [4.69, 9.17) is 0 Å². The summed E-state index contributed by atoms with van der Waals surface area (Å²) in [6, 6.07) is 6.10. The lowest BCUT2D eigenvalue weighted by Gasteiger charge is -2.13. The van der Waals surface area contributed by atoms with E-state index in [2.05, 4.69) is 16.5 Å². The molecule has 1 unspecified atom stereocenters. The molecule has 1 aliphatic heterocycles. The van der Waals surface area contributed by atoms with Crippen LogP contribution >= 0.6 is 0 Å². The van der Waals surface area contributed by atoms with Gasteiger partial charge in [-0.1, -0.05) is 18.2 Å².